The fraction of sp³-hybridized carbons (Fsp3) is 0.231. The summed E-state index contributed by atoms with van der Waals surface area (Å²) in [7, 11) is 1.51. The Morgan fingerprint density at radius 1 is 1.06 bits per heavy atom. The van der Waals surface area contributed by atoms with Gasteiger partial charge in [0, 0.05) is 0 Å². The van der Waals surface area contributed by atoms with E-state index in [4.69, 9.17) is 10.5 Å². The van der Waals surface area contributed by atoms with Crippen molar-refractivity contribution in [3.8, 4) is 5.75 Å². The Kier molecular flexibility index (Phi) is 3.17. The molecule has 2 rings (SSSR count). The van der Waals surface area contributed by atoms with E-state index in [0.29, 0.717) is 11.1 Å². The average Bonchev–Trinajstić information content (AvgIpc) is 2.35. The molecule has 0 amide bonds. The molecule has 0 saturated carbocycles. The van der Waals surface area contributed by atoms with Gasteiger partial charge in [-0.1, -0.05) is 18.2 Å². The van der Waals surface area contributed by atoms with Crippen LogP contribution in [0, 0.1) is 0 Å². The van der Waals surface area contributed by atoms with Crippen LogP contribution in [0.2, 0.25) is 0 Å². The second kappa shape index (κ2) is 4.49. The summed E-state index contributed by atoms with van der Waals surface area (Å²) < 4.78 is 42.6. The van der Waals surface area contributed by atoms with E-state index >= 15 is 0 Å². The fourth-order valence-electron chi connectivity index (χ4n) is 1.75. The summed E-state index contributed by atoms with van der Waals surface area (Å²) in [6.07, 6.45) is -4.44. The molecule has 2 N–H and O–H groups in total. The van der Waals surface area contributed by atoms with Crippen molar-refractivity contribution < 1.29 is 17.9 Å². The molecule has 0 aliphatic heterocycles. The van der Waals surface area contributed by atoms with Crippen molar-refractivity contribution in [3.63, 3.8) is 0 Å². The Morgan fingerprint density at radius 2 is 1.72 bits per heavy atom. The van der Waals surface area contributed by atoms with Gasteiger partial charge in [-0.3, -0.25) is 0 Å². The van der Waals surface area contributed by atoms with Crippen LogP contribution in [0.25, 0.3) is 10.8 Å². The quantitative estimate of drug-likeness (QED) is 0.892. The van der Waals surface area contributed by atoms with Gasteiger partial charge in [0.05, 0.1) is 7.11 Å². The number of nitrogens with two attached hydrogens (primary N) is 1. The minimum absolute atomic E-state index is 0.0447. The molecule has 0 fully saturated rings. The van der Waals surface area contributed by atoms with Gasteiger partial charge >= 0.3 is 6.18 Å². The van der Waals surface area contributed by atoms with Gasteiger partial charge in [-0.15, -0.1) is 0 Å². The lowest BCUT2D eigenvalue weighted by Crippen LogP contribution is -2.28. The molecule has 0 radical (unpaired) electrons. The monoisotopic (exact) mass is 255 g/mol. The summed E-state index contributed by atoms with van der Waals surface area (Å²) in [5.41, 5.74) is 5.22. The summed E-state index contributed by atoms with van der Waals surface area (Å²) in [4.78, 5) is 0. The number of rotatable bonds is 2. The van der Waals surface area contributed by atoms with E-state index in [0.717, 1.165) is 5.39 Å². The Labute approximate surface area is 102 Å². The van der Waals surface area contributed by atoms with Gasteiger partial charge < -0.3 is 10.5 Å². The lowest BCUT2D eigenvalue weighted by Gasteiger charge is -2.16. The van der Waals surface area contributed by atoms with Crippen molar-refractivity contribution in [2.45, 2.75) is 12.2 Å². The van der Waals surface area contributed by atoms with Crippen LogP contribution in [0.3, 0.4) is 0 Å². The Hall–Kier alpha value is -1.75. The van der Waals surface area contributed by atoms with Crippen molar-refractivity contribution in [1.82, 2.24) is 0 Å². The molecule has 0 aliphatic rings. The zero-order chi connectivity index (χ0) is 13.3. The van der Waals surface area contributed by atoms with E-state index in [1.165, 1.54) is 19.2 Å². The summed E-state index contributed by atoms with van der Waals surface area (Å²) in [5.74, 6) is 0.597. The third kappa shape index (κ3) is 2.41. The highest BCUT2D eigenvalue weighted by Gasteiger charge is 2.37. The third-order valence-electron chi connectivity index (χ3n) is 2.78. The predicted octanol–water partition coefficient (Wildman–Crippen LogP) is 3.41. The van der Waals surface area contributed by atoms with Gasteiger partial charge in [0.15, 0.2) is 0 Å². The topological polar surface area (TPSA) is 35.2 Å². The molecule has 96 valence electrons. The maximum Gasteiger partial charge on any atom is 0.407 e. The van der Waals surface area contributed by atoms with E-state index < -0.39 is 12.2 Å². The van der Waals surface area contributed by atoms with Crippen LogP contribution in [-0.2, 0) is 0 Å². The number of methoxy groups -OCH3 is 1. The Balaban J connectivity index is 2.48. The Morgan fingerprint density at radius 3 is 2.33 bits per heavy atom. The summed E-state index contributed by atoms with van der Waals surface area (Å²) in [5, 5.41) is 1.51. The first kappa shape index (κ1) is 12.7. The average molecular weight is 255 g/mol. The molecule has 0 bridgehead atoms. The standard InChI is InChI=1S/C13H12F3NO/c1-18-11-5-4-8-2-3-9(6-10(8)7-11)12(17)13(14,15)16/h2-7,12H,17H2,1H3/t12-/m0/s1. The number of halogens is 3. The molecule has 2 nitrogen and oxygen atoms in total. The van der Waals surface area contributed by atoms with Crippen molar-refractivity contribution in [1.29, 1.82) is 0 Å². The minimum atomic E-state index is -4.44. The number of fused-ring (bicyclic) bond motifs is 1. The lowest BCUT2D eigenvalue weighted by atomic mass is 10.0. The normalized spacial score (nSPS) is 13.6. The molecule has 0 saturated heterocycles. The van der Waals surface area contributed by atoms with E-state index in [-0.39, 0.29) is 5.56 Å². The van der Waals surface area contributed by atoms with Gasteiger partial charge in [0.1, 0.15) is 11.8 Å². The first-order valence-corrected chi connectivity index (χ1v) is 5.32. The van der Waals surface area contributed by atoms with Crippen molar-refractivity contribution in [2.24, 2.45) is 5.73 Å². The molecule has 2 aromatic carbocycles. The summed E-state index contributed by atoms with van der Waals surface area (Å²) in [6, 6.07) is 7.72. The lowest BCUT2D eigenvalue weighted by molar-refractivity contribution is -0.149. The van der Waals surface area contributed by atoms with Crippen LogP contribution in [0.1, 0.15) is 11.6 Å². The maximum atomic E-state index is 12.5. The number of benzene rings is 2. The van der Waals surface area contributed by atoms with Crippen LogP contribution in [-0.4, -0.2) is 13.3 Å². The number of hydrogen-bond donors (Lipinski definition) is 1. The van der Waals surface area contributed by atoms with Gasteiger partial charge in [-0.2, -0.15) is 13.2 Å². The number of alkyl halides is 3. The van der Waals surface area contributed by atoms with Crippen LogP contribution < -0.4 is 10.5 Å². The first-order chi connectivity index (χ1) is 8.41. The molecule has 0 aliphatic carbocycles. The van der Waals surface area contributed by atoms with Gasteiger partial charge in [0.2, 0.25) is 0 Å². The molecule has 0 aromatic heterocycles. The molecule has 18 heavy (non-hydrogen) atoms. The van der Waals surface area contributed by atoms with Gasteiger partial charge in [-0.25, -0.2) is 0 Å². The Bertz CT molecular complexity index is 566. The first-order valence-electron chi connectivity index (χ1n) is 5.32. The van der Waals surface area contributed by atoms with Crippen molar-refractivity contribution >= 4 is 10.8 Å². The SMILES string of the molecule is COc1ccc2ccc([C@H](N)C(F)(F)F)cc2c1. The largest absolute Gasteiger partial charge is 0.497 e. The second-order valence-electron chi connectivity index (χ2n) is 3.99. The van der Waals surface area contributed by atoms with Crippen LogP contribution in [0.4, 0.5) is 13.2 Å². The molecule has 0 unspecified atom stereocenters. The van der Waals surface area contributed by atoms with Crippen LogP contribution in [0.15, 0.2) is 36.4 Å². The van der Waals surface area contributed by atoms with E-state index in [1.54, 1.807) is 24.3 Å². The molecule has 2 aromatic rings. The van der Waals surface area contributed by atoms with Crippen molar-refractivity contribution in [2.75, 3.05) is 7.11 Å². The highest BCUT2D eigenvalue weighted by Crippen LogP contribution is 2.32. The molecular weight excluding hydrogens is 243 g/mol. The predicted molar refractivity (Wildman–Crippen MR) is 63.5 cm³/mol. The zero-order valence-corrected chi connectivity index (χ0v) is 9.66. The molecule has 1 atom stereocenters. The van der Waals surface area contributed by atoms with E-state index in [9.17, 15) is 13.2 Å². The molecule has 0 spiro atoms. The number of hydrogen-bond acceptors (Lipinski definition) is 2. The van der Waals surface area contributed by atoms with Crippen molar-refractivity contribution in [3.05, 3.63) is 42.0 Å². The third-order valence-corrected chi connectivity index (χ3v) is 2.78. The molecule has 0 heterocycles. The van der Waals surface area contributed by atoms with Gasteiger partial charge in [0.25, 0.3) is 0 Å². The second-order valence-corrected chi connectivity index (χ2v) is 3.99. The maximum absolute atomic E-state index is 12.5. The van der Waals surface area contributed by atoms with Crippen LogP contribution in [0.5, 0.6) is 5.75 Å². The minimum Gasteiger partial charge on any atom is -0.497 e. The van der Waals surface area contributed by atoms with Crippen LogP contribution >= 0.6 is 0 Å². The van der Waals surface area contributed by atoms with Gasteiger partial charge in [-0.05, 0) is 34.5 Å². The van der Waals surface area contributed by atoms with E-state index in [2.05, 4.69) is 0 Å². The smallest absolute Gasteiger partial charge is 0.407 e. The highest BCUT2D eigenvalue weighted by molar-refractivity contribution is 5.84. The fourth-order valence-corrected chi connectivity index (χ4v) is 1.75. The van der Waals surface area contributed by atoms with E-state index in [1.807, 2.05) is 0 Å². The number of ether oxygens (including phenoxy) is 1. The summed E-state index contributed by atoms with van der Waals surface area (Å²) >= 11 is 0. The molecule has 5 heteroatoms. The molecular formula is C13H12F3NO. The highest BCUT2D eigenvalue weighted by atomic mass is 19.4. The summed E-state index contributed by atoms with van der Waals surface area (Å²) in [6.45, 7) is 0. The zero-order valence-electron chi connectivity index (χ0n) is 9.66.